The molecule has 3 rings (SSSR count). The Morgan fingerprint density at radius 2 is 2.47 bits per heavy atom. The van der Waals surface area contributed by atoms with Crippen molar-refractivity contribution in [3.63, 3.8) is 0 Å². The molecule has 4 nitrogen and oxygen atoms in total. The van der Waals surface area contributed by atoms with Crippen LogP contribution in [0.25, 0.3) is 11.0 Å². The van der Waals surface area contributed by atoms with Crippen LogP contribution in [0.4, 0.5) is 11.6 Å². The van der Waals surface area contributed by atoms with Gasteiger partial charge in [-0.15, -0.1) is 0 Å². The molecule has 1 unspecified atom stereocenters. The minimum absolute atomic E-state index is 0.764. The lowest BCUT2D eigenvalue weighted by Crippen LogP contribution is -2.14. The average Bonchev–Trinajstić information content (AvgIpc) is 2.94. The lowest BCUT2D eigenvalue weighted by molar-refractivity contribution is 0.629. The van der Waals surface area contributed by atoms with Gasteiger partial charge in [-0.25, -0.2) is 4.98 Å². The number of nitrogens with zero attached hydrogens (tertiary/aromatic N) is 1. The molecule has 4 N–H and O–H groups in total. The number of fused-ring (bicyclic) bond motifs is 1. The number of H-pyrrole nitrogens is 1. The molecule has 1 saturated heterocycles. The number of aromatic amines is 1. The number of imidazole rings is 1. The zero-order valence-corrected chi connectivity index (χ0v) is 10.4. The number of hydrogen-bond donors (Lipinski definition) is 3. The maximum atomic E-state index is 5.74. The van der Waals surface area contributed by atoms with Crippen molar-refractivity contribution in [3.05, 3.63) is 18.2 Å². The molecule has 90 valence electrons. The summed E-state index contributed by atoms with van der Waals surface area (Å²) in [6.07, 6.45) is 1.31. The first-order valence-electron chi connectivity index (χ1n) is 5.88. The van der Waals surface area contributed by atoms with Crippen LogP contribution >= 0.6 is 11.8 Å². The first kappa shape index (κ1) is 10.8. The van der Waals surface area contributed by atoms with E-state index in [1.807, 2.05) is 30.0 Å². The second-order valence-corrected chi connectivity index (χ2v) is 5.62. The molecule has 17 heavy (non-hydrogen) atoms. The van der Waals surface area contributed by atoms with Crippen molar-refractivity contribution in [2.45, 2.75) is 6.42 Å². The Bertz CT molecular complexity index is 516. The molecule has 1 aromatic heterocycles. The predicted octanol–water partition coefficient (Wildman–Crippen LogP) is 2.31. The molecular formula is C12H16N4S. The van der Waals surface area contributed by atoms with E-state index in [9.17, 15) is 0 Å². The van der Waals surface area contributed by atoms with Gasteiger partial charge in [0.05, 0.1) is 11.0 Å². The van der Waals surface area contributed by atoms with Crippen molar-refractivity contribution in [2.24, 2.45) is 5.92 Å². The lowest BCUT2D eigenvalue weighted by Gasteiger charge is -2.08. The second kappa shape index (κ2) is 4.49. The van der Waals surface area contributed by atoms with E-state index in [4.69, 9.17) is 5.73 Å². The molecule has 5 heteroatoms. The monoisotopic (exact) mass is 248 g/mol. The molecule has 2 heterocycles. The summed E-state index contributed by atoms with van der Waals surface area (Å²) in [6.45, 7) is 1.00. The highest BCUT2D eigenvalue weighted by Crippen LogP contribution is 2.24. The number of anilines is 2. The largest absolute Gasteiger partial charge is 0.399 e. The Morgan fingerprint density at radius 3 is 3.29 bits per heavy atom. The van der Waals surface area contributed by atoms with Crippen molar-refractivity contribution in [1.29, 1.82) is 0 Å². The molecule has 0 bridgehead atoms. The zero-order valence-electron chi connectivity index (χ0n) is 9.57. The molecule has 0 amide bonds. The summed E-state index contributed by atoms with van der Waals surface area (Å²) in [5.41, 5.74) is 8.45. The van der Waals surface area contributed by atoms with Crippen LogP contribution in [0.5, 0.6) is 0 Å². The highest BCUT2D eigenvalue weighted by molar-refractivity contribution is 7.99. The third kappa shape index (κ3) is 2.34. The van der Waals surface area contributed by atoms with Crippen LogP contribution in [0.1, 0.15) is 6.42 Å². The van der Waals surface area contributed by atoms with Crippen LogP contribution in [0, 0.1) is 5.92 Å². The van der Waals surface area contributed by atoms with E-state index in [0.29, 0.717) is 0 Å². The molecule has 1 aliphatic heterocycles. The smallest absolute Gasteiger partial charge is 0.201 e. The fourth-order valence-corrected chi connectivity index (χ4v) is 3.38. The average molecular weight is 248 g/mol. The Morgan fingerprint density at radius 1 is 1.53 bits per heavy atom. The van der Waals surface area contributed by atoms with Gasteiger partial charge in [0.15, 0.2) is 0 Å². The van der Waals surface area contributed by atoms with Gasteiger partial charge in [0, 0.05) is 12.2 Å². The lowest BCUT2D eigenvalue weighted by atomic mass is 10.1. The fraction of sp³-hybridized carbons (Fsp3) is 0.417. The summed E-state index contributed by atoms with van der Waals surface area (Å²) in [4.78, 5) is 7.74. The molecule has 2 aromatic rings. The van der Waals surface area contributed by atoms with E-state index < -0.39 is 0 Å². The van der Waals surface area contributed by atoms with Gasteiger partial charge >= 0.3 is 0 Å². The quantitative estimate of drug-likeness (QED) is 0.729. The molecule has 1 fully saturated rings. The van der Waals surface area contributed by atoms with E-state index in [-0.39, 0.29) is 0 Å². The van der Waals surface area contributed by atoms with Crippen LogP contribution in [0.2, 0.25) is 0 Å². The maximum absolute atomic E-state index is 5.74. The predicted molar refractivity (Wildman–Crippen MR) is 74.4 cm³/mol. The zero-order chi connectivity index (χ0) is 11.7. The van der Waals surface area contributed by atoms with E-state index in [1.54, 1.807) is 0 Å². The SMILES string of the molecule is Nc1ccc2nc(NCC3CCSC3)[nH]c2c1. The minimum Gasteiger partial charge on any atom is -0.399 e. The molecule has 1 aliphatic rings. The molecule has 1 atom stereocenters. The Hall–Kier alpha value is -1.36. The van der Waals surface area contributed by atoms with Crippen LogP contribution < -0.4 is 11.1 Å². The number of hydrogen-bond acceptors (Lipinski definition) is 4. The summed E-state index contributed by atoms with van der Waals surface area (Å²) in [6, 6.07) is 5.73. The van der Waals surface area contributed by atoms with Crippen molar-refractivity contribution in [3.8, 4) is 0 Å². The van der Waals surface area contributed by atoms with Gasteiger partial charge in [-0.05, 0) is 42.0 Å². The van der Waals surface area contributed by atoms with Gasteiger partial charge in [-0.2, -0.15) is 11.8 Å². The number of rotatable bonds is 3. The van der Waals surface area contributed by atoms with Crippen LogP contribution in [0.3, 0.4) is 0 Å². The molecular weight excluding hydrogens is 232 g/mol. The molecule has 0 radical (unpaired) electrons. The Labute approximate surface area is 104 Å². The number of nitrogens with one attached hydrogen (secondary N) is 2. The van der Waals surface area contributed by atoms with Crippen LogP contribution in [-0.4, -0.2) is 28.0 Å². The maximum Gasteiger partial charge on any atom is 0.201 e. The first-order chi connectivity index (χ1) is 8.31. The van der Waals surface area contributed by atoms with Gasteiger partial charge < -0.3 is 16.0 Å². The topological polar surface area (TPSA) is 66.7 Å². The third-order valence-electron chi connectivity index (χ3n) is 3.09. The second-order valence-electron chi connectivity index (χ2n) is 4.47. The van der Waals surface area contributed by atoms with E-state index in [0.717, 1.165) is 35.1 Å². The molecule has 0 saturated carbocycles. The Kier molecular flexibility index (Phi) is 2.84. The summed E-state index contributed by atoms with van der Waals surface area (Å²) in [5.74, 6) is 4.18. The standard InChI is InChI=1S/C12H16N4S/c13-9-1-2-10-11(5-9)16-12(15-10)14-6-8-3-4-17-7-8/h1-2,5,8H,3-4,6-7,13H2,(H2,14,15,16). The minimum atomic E-state index is 0.764. The first-order valence-corrected chi connectivity index (χ1v) is 7.03. The molecule has 1 aromatic carbocycles. The highest BCUT2D eigenvalue weighted by atomic mass is 32.2. The Balaban J connectivity index is 1.72. The fourth-order valence-electron chi connectivity index (χ4n) is 2.10. The van der Waals surface area contributed by atoms with E-state index in [2.05, 4.69) is 15.3 Å². The van der Waals surface area contributed by atoms with Crippen molar-refractivity contribution >= 4 is 34.4 Å². The highest BCUT2D eigenvalue weighted by Gasteiger charge is 2.15. The third-order valence-corrected chi connectivity index (χ3v) is 4.32. The van der Waals surface area contributed by atoms with Gasteiger partial charge in [0.2, 0.25) is 5.95 Å². The summed E-state index contributed by atoms with van der Waals surface area (Å²) >= 11 is 2.04. The summed E-state index contributed by atoms with van der Waals surface area (Å²) < 4.78 is 0. The molecule has 0 spiro atoms. The van der Waals surface area contributed by atoms with Crippen molar-refractivity contribution in [2.75, 3.05) is 29.1 Å². The summed E-state index contributed by atoms with van der Waals surface area (Å²) in [5, 5.41) is 3.37. The van der Waals surface area contributed by atoms with E-state index >= 15 is 0 Å². The van der Waals surface area contributed by atoms with Crippen LogP contribution in [0.15, 0.2) is 18.2 Å². The van der Waals surface area contributed by atoms with Crippen molar-refractivity contribution in [1.82, 2.24) is 9.97 Å². The number of aromatic nitrogens is 2. The number of nitrogens with two attached hydrogens (primary N) is 1. The van der Waals surface area contributed by atoms with Crippen molar-refractivity contribution < 1.29 is 0 Å². The molecule has 0 aliphatic carbocycles. The number of thioether (sulfide) groups is 1. The normalized spacial score (nSPS) is 19.9. The van der Waals surface area contributed by atoms with Crippen LogP contribution in [-0.2, 0) is 0 Å². The number of benzene rings is 1. The van der Waals surface area contributed by atoms with Gasteiger partial charge in [-0.1, -0.05) is 0 Å². The van der Waals surface area contributed by atoms with Gasteiger partial charge in [0.25, 0.3) is 0 Å². The number of nitrogen functional groups attached to an aromatic ring is 1. The van der Waals surface area contributed by atoms with Gasteiger partial charge in [-0.3, -0.25) is 0 Å². The van der Waals surface area contributed by atoms with Gasteiger partial charge in [0.1, 0.15) is 0 Å². The summed E-state index contributed by atoms with van der Waals surface area (Å²) in [7, 11) is 0. The van der Waals surface area contributed by atoms with E-state index in [1.165, 1.54) is 17.9 Å².